The Hall–Kier alpha value is -1.64. The van der Waals surface area contributed by atoms with E-state index in [2.05, 4.69) is 5.10 Å². The third-order valence-corrected chi connectivity index (χ3v) is 6.13. The third-order valence-electron chi connectivity index (χ3n) is 4.18. The second-order valence-electron chi connectivity index (χ2n) is 5.75. The molecule has 0 bridgehead atoms. The van der Waals surface area contributed by atoms with Crippen molar-refractivity contribution in [3.8, 4) is 0 Å². The lowest BCUT2D eigenvalue weighted by atomic mass is 10.2. The summed E-state index contributed by atoms with van der Waals surface area (Å²) in [5, 5.41) is 4.19. The van der Waals surface area contributed by atoms with Gasteiger partial charge in [-0.1, -0.05) is 0 Å². The van der Waals surface area contributed by atoms with Gasteiger partial charge in [0.05, 0.1) is 18.5 Å². The smallest absolute Gasteiger partial charge is 0.282 e. The van der Waals surface area contributed by atoms with Gasteiger partial charge in [0.25, 0.3) is 10.2 Å². The minimum atomic E-state index is -3.54. The van der Waals surface area contributed by atoms with Crippen LogP contribution < -0.4 is 0 Å². The summed E-state index contributed by atoms with van der Waals surface area (Å²) in [5.41, 5.74) is 0.881. The predicted molar refractivity (Wildman–Crippen MR) is 85.7 cm³/mol. The summed E-state index contributed by atoms with van der Waals surface area (Å²) in [6.45, 7) is 3.59. The molecule has 126 valence electrons. The number of furan rings is 1. The Labute approximate surface area is 136 Å². The number of hydrogen-bond acceptors (Lipinski definition) is 4. The molecule has 23 heavy (non-hydrogen) atoms. The van der Waals surface area contributed by atoms with E-state index in [9.17, 15) is 8.42 Å². The highest BCUT2D eigenvalue weighted by molar-refractivity contribution is 7.86. The van der Waals surface area contributed by atoms with E-state index in [1.165, 1.54) is 8.61 Å². The molecule has 0 N–H and O–H groups in total. The number of nitrogens with zero attached hydrogens (tertiary/aromatic N) is 4. The molecule has 1 saturated heterocycles. The molecule has 0 spiro atoms. The van der Waals surface area contributed by atoms with Crippen molar-refractivity contribution in [3.05, 3.63) is 42.1 Å². The van der Waals surface area contributed by atoms with Crippen molar-refractivity contribution in [1.29, 1.82) is 0 Å². The summed E-state index contributed by atoms with van der Waals surface area (Å²) in [4.78, 5) is 0. The van der Waals surface area contributed by atoms with Crippen LogP contribution in [-0.2, 0) is 23.3 Å². The molecule has 3 rings (SSSR count). The number of hydrogen-bond donors (Lipinski definition) is 0. The fourth-order valence-electron chi connectivity index (χ4n) is 2.96. The van der Waals surface area contributed by atoms with Crippen molar-refractivity contribution in [1.82, 2.24) is 18.4 Å². The van der Waals surface area contributed by atoms with Gasteiger partial charge in [0, 0.05) is 38.4 Å². The zero-order chi connectivity index (χ0) is 16.4. The van der Waals surface area contributed by atoms with Crippen LogP contribution in [0.4, 0.5) is 0 Å². The summed E-state index contributed by atoms with van der Waals surface area (Å²) >= 11 is 0. The maximum atomic E-state index is 12.9. The predicted octanol–water partition coefficient (Wildman–Crippen LogP) is 2.01. The second kappa shape index (κ2) is 6.46. The molecule has 3 heterocycles. The zero-order valence-corrected chi connectivity index (χ0v) is 14.2. The summed E-state index contributed by atoms with van der Waals surface area (Å²) < 4.78 is 35.9. The van der Waals surface area contributed by atoms with Crippen molar-refractivity contribution in [2.45, 2.75) is 38.9 Å². The van der Waals surface area contributed by atoms with E-state index in [1.807, 2.05) is 19.2 Å². The number of rotatable bonds is 6. The van der Waals surface area contributed by atoms with Crippen molar-refractivity contribution in [2.24, 2.45) is 0 Å². The molecule has 0 amide bonds. The van der Waals surface area contributed by atoms with Crippen LogP contribution in [0.3, 0.4) is 0 Å². The van der Waals surface area contributed by atoms with Crippen molar-refractivity contribution < 1.29 is 12.8 Å². The lowest BCUT2D eigenvalue weighted by molar-refractivity contribution is 0.311. The molecule has 1 fully saturated rings. The molecule has 7 nitrogen and oxygen atoms in total. The normalized spacial score (nSPS) is 19.7. The summed E-state index contributed by atoms with van der Waals surface area (Å²) in [6, 6.07) is 3.42. The van der Waals surface area contributed by atoms with E-state index < -0.39 is 10.2 Å². The Bertz CT molecular complexity index is 739. The van der Waals surface area contributed by atoms with Gasteiger partial charge < -0.3 is 4.42 Å². The van der Waals surface area contributed by atoms with Crippen molar-refractivity contribution in [2.75, 3.05) is 13.6 Å². The average molecular weight is 338 g/mol. The van der Waals surface area contributed by atoms with E-state index in [1.54, 1.807) is 30.3 Å². The summed E-state index contributed by atoms with van der Waals surface area (Å²) in [6.07, 6.45) is 6.80. The van der Waals surface area contributed by atoms with Gasteiger partial charge in [-0.25, -0.2) is 0 Å². The maximum Gasteiger partial charge on any atom is 0.282 e. The molecule has 0 unspecified atom stereocenters. The fraction of sp³-hybridized carbons (Fsp3) is 0.533. The molecule has 1 aliphatic heterocycles. The van der Waals surface area contributed by atoms with Gasteiger partial charge in [0.1, 0.15) is 5.76 Å². The van der Waals surface area contributed by atoms with Crippen LogP contribution in [0, 0.1) is 0 Å². The van der Waals surface area contributed by atoms with Gasteiger partial charge in [-0.05, 0) is 31.9 Å². The second-order valence-corrected chi connectivity index (χ2v) is 7.74. The highest BCUT2D eigenvalue weighted by atomic mass is 32.2. The highest BCUT2D eigenvalue weighted by Gasteiger charge is 2.38. The van der Waals surface area contributed by atoms with Crippen LogP contribution in [0.25, 0.3) is 0 Å². The van der Waals surface area contributed by atoms with Crippen LogP contribution in [-0.4, -0.2) is 40.4 Å². The Morgan fingerprint density at radius 2 is 2.30 bits per heavy atom. The molecule has 0 saturated carbocycles. The first-order chi connectivity index (χ1) is 11.0. The standard InChI is InChI=1S/C15H22N4O3S/c1-3-18-12-13(10-16-18)11-17(2)23(20,21)19-8-4-6-14(19)15-7-5-9-22-15/h5,7,9-10,12,14H,3-4,6,8,11H2,1-2H3/t14-/m0/s1. The van der Waals surface area contributed by atoms with Gasteiger partial charge in [-0.3, -0.25) is 4.68 Å². The quantitative estimate of drug-likeness (QED) is 0.808. The van der Waals surface area contributed by atoms with Crippen LogP contribution >= 0.6 is 0 Å². The van der Waals surface area contributed by atoms with Crippen LogP contribution in [0.15, 0.2) is 35.2 Å². The molecular weight excluding hydrogens is 316 g/mol. The summed E-state index contributed by atoms with van der Waals surface area (Å²) in [5.74, 6) is 0.707. The fourth-order valence-corrected chi connectivity index (χ4v) is 4.52. The van der Waals surface area contributed by atoms with Gasteiger partial charge in [0.2, 0.25) is 0 Å². The highest BCUT2D eigenvalue weighted by Crippen LogP contribution is 2.35. The van der Waals surface area contributed by atoms with Crippen molar-refractivity contribution >= 4 is 10.2 Å². The molecule has 8 heteroatoms. The lowest BCUT2D eigenvalue weighted by Gasteiger charge is -2.27. The minimum Gasteiger partial charge on any atom is -0.468 e. The first-order valence-electron chi connectivity index (χ1n) is 7.80. The molecule has 1 atom stereocenters. The number of aryl methyl sites for hydroxylation is 1. The Morgan fingerprint density at radius 3 is 2.96 bits per heavy atom. The zero-order valence-electron chi connectivity index (χ0n) is 13.4. The molecule has 0 aromatic carbocycles. The lowest BCUT2D eigenvalue weighted by Crippen LogP contribution is -2.41. The molecule has 2 aromatic rings. The maximum absolute atomic E-state index is 12.9. The Balaban J connectivity index is 1.76. The number of aromatic nitrogens is 2. The van der Waals surface area contributed by atoms with Crippen LogP contribution in [0.2, 0.25) is 0 Å². The van der Waals surface area contributed by atoms with Crippen molar-refractivity contribution in [3.63, 3.8) is 0 Å². The average Bonchev–Trinajstić information content (AvgIpc) is 3.27. The van der Waals surface area contributed by atoms with Crippen LogP contribution in [0.5, 0.6) is 0 Å². The third kappa shape index (κ3) is 3.19. The molecular formula is C15H22N4O3S. The van der Waals surface area contributed by atoms with Gasteiger partial charge in [-0.15, -0.1) is 0 Å². The van der Waals surface area contributed by atoms with E-state index in [4.69, 9.17) is 4.42 Å². The largest absolute Gasteiger partial charge is 0.468 e. The van der Waals surface area contributed by atoms with Crippen LogP contribution in [0.1, 0.15) is 37.1 Å². The topological polar surface area (TPSA) is 71.6 Å². The molecule has 0 aliphatic carbocycles. The molecule has 1 aliphatic rings. The molecule has 2 aromatic heterocycles. The van der Waals surface area contributed by atoms with E-state index in [0.717, 1.165) is 24.9 Å². The first kappa shape index (κ1) is 16.2. The Kier molecular flexibility index (Phi) is 4.56. The summed E-state index contributed by atoms with van der Waals surface area (Å²) in [7, 11) is -1.93. The molecule has 0 radical (unpaired) electrons. The van der Waals surface area contributed by atoms with Gasteiger partial charge in [-0.2, -0.15) is 22.1 Å². The minimum absolute atomic E-state index is 0.212. The monoisotopic (exact) mass is 338 g/mol. The first-order valence-corrected chi connectivity index (χ1v) is 9.20. The SMILES string of the molecule is CCn1cc(CN(C)S(=O)(=O)N2CCC[C@H]2c2ccco2)cn1. The van der Waals surface area contributed by atoms with E-state index >= 15 is 0 Å². The van der Waals surface area contributed by atoms with Gasteiger partial charge >= 0.3 is 0 Å². The van der Waals surface area contributed by atoms with E-state index in [-0.39, 0.29) is 6.04 Å². The van der Waals surface area contributed by atoms with E-state index in [0.29, 0.717) is 18.8 Å². The van der Waals surface area contributed by atoms with Gasteiger partial charge in [0.15, 0.2) is 0 Å². The Morgan fingerprint density at radius 1 is 1.48 bits per heavy atom.